The van der Waals surface area contributed by atoms with Gasteiger partial charge in [-0.15, -0.1) is 11.3 Å². The molecule has 0 radical (unpaired) electrons. The van der Waals surface area contributed by atoms with Crippen LogP contribution in [-0.2, 0) is 17.8 Å². The molecule has 29 heavy (non-hydrogen) atoms. The summed E-state index contributed by atoms with van der Waals surface area (Å²) in [5.41, 5.74) is 1.74. The van der Waals surface area contributed by atoms with Gasteiger partial charge in [-0.05, 0) is 30.2 Å². The second kappa shape index (κ2) is 9.65. The van der Waals surface area contributed by atoms with Gasteiger partial charge in [0.05, 0.1) is 18.4 Å². The fourth-order valence-electron chi connectivity index (χ4n) is 2.51. The van der Waals surface area contributed by atoms with Crippen molar-refractivity contribution in [3.63, 3.8) is 0 Å². The lowest BCUT2D eigenvalue weighted by Gasteiger charge is -2.06. The third kappa shape index (κ3) is 6.01. The predicted octanol–water partition coefficient (Wildman–Crippen LogP) is 2.34. The number of methoxy groups -OCH3 is 1. The molecule has 0 saturated carbocycles. The summed E-state index contributed by atoms with van der Waals surface area (Å²) in [5, 5.41) is 7.79. The number of aromatic amines is 1. The number of aryl methyl sites for hydroxylation is 1. The molecule has 0 bridgehead atoms. The lowest BCUT2D eigenvalue weighted by atomic mass is 10.2. The summed E-state index contributed by atoms with van der Waals surface area (Å²) in [6.07, 6.45) is 2.11. The van der Waals surface area contributed by atoms with Crippen molar-refractivity contribution in [3.8, 4) is 5.75 Å². The zero-order valence-electron chi connectivity index (χ0n) is 15.7. The minimum absolute atomic E-state index is 0.0837. The van der Waals surface area contributed by atoms with E-state index in [0.717, 1.165) is 17.0 Å². The number of thiazole rings is 1. The maximum Gasteiger partial charge on any atom is 0.258 e. The molecule has 3 rings (SSSR count). The summed E-state index contributed by atoms with van der Waals surface area (Å²) in [6, 6.07) is 10.2. The summed E-state index contributed by atoms with van der Waals surface area (Å²) in [5.74, 6) is 0.300. The highest BCUT2D eigenvalue weighted by Crippen LogP contribution is 2.17. The van der Waals surface area contributed by atoms with Crippen LogP contribution < -0.4 is 20.9 Å². The Morgan fingerprint density at radius 1 is 1.24 bits per heavy atom. The number of carbonyl (C=O) groups excluding carboxylic acids is 2. The van der Waals surface area contributed by atoms with Gasteiger partial charge < -0.3 is 15.0 Å². The van der Waals surface area contributed by atoms with E-state index in [2.05, 4.69) is 20.6 Å². The van der Waals surface area contributed by atoms with Gasteiger partial charge in [0.1, 0.15) is 5.75 Å². The highest BCUT2D eigenvalue weighted by molar-refractivity contribution is 7.14. The Balaban J connectivity index is 1.45. The third-order valence-corrected chi connectivity index (χ3v) is 4.86. The lowest BCUT2D eigenvalue weighted by molar-refractivity contribution is -0.121. The van der Waals surface area contributed by atoms with Gasteiger partial charge in [0.15, 0.2) is 5.13 Å². The number of anilines is 1. The minimum atomic E-state index is -0.363. The molecule has 2 aromatic heterocycles. The summed E-state index contributed by atoms with van der Waals surface area (Å²) >= 11 is 1.28. The van der Waals surface area contributed by atoms with Crippen molar-refractivity contribution in [2.75, 3.05) is 12.4 Å². The highest BCUT2D eigenvalue weighted by atomic mass is 32.1. The SMILES string of the molecule is COc1cccc(CNC(=O)CCc2csc(NC(=O)c3ccc(=O)[nH]c3)n2)c1. The van der Waals surface area contributed by atoms with E-state index < -0.39 is 0 Å². The molecule has 3 N–H and O–H groups in total. The Labute approximate surface area is 171 Å². The molecule has 9 heteroatoms. The number of ether oxygens (including phenoxy) is 1. The van der Waals surface area contributed by atoms with E-state index in [0.29, 0.717) is 30.1 Å². The van der Waals surface area contributed by atoms with Crippen LogP contribution in [0.3, 0.4) is 0 Å². The van der Waals surface area contributed by atoms with Crippen LogP contribution in [0.4, 0.5) is 5.13 Å². The van der Waals surface area contributed by atoms with Crippen LogP contribution >= 0.6 is 11.3 Å². The standard InChI is InChI=1S/C20H20N4O4S/c1-28-16-4-2-3-13(9-16)10-21-18(26)8-6-15-12-29-20(23-15)24-19(27)14-5-7-17(25)22-11-14/h2-5,7,9,11-12H,6,8,10H2,1H3,(H,21,26)(H,22,25)(H,23,24,27). The number of benzene rings is 1. The molecule has 1 aromatic carbocycles. The van der Waals surface area contributed by atoms with Gasteiger partial charge in [-0.1, -0.05) is 12.1 Å². The Morgan fingerprint density at radius 2 is 2.10 bits per heavy atom. The second-order valence-corrected chi connectivity index (χ2v) is 7.03. The molecule has 0 atom stereocenters. The Hall–Kier alpha value is -3.46. The number of hydrogen-bond donors (Lipinski definition) is 3. The number of pyridine rings is 1. The monoisotopic (exact) mass is 412 g/mol. The van der Waals surface area contributed by atoms with Gasteiger partial charge in [-0.25, -0.2) is 4.98 Å². The largest absolute Gasteiger partial charge is 0.497 e. The van der Waals surface area contributed by atoms with E-state index in [4.69, 9.17) is 4.74 Å². The van der Waals surface area contributed by atoms with Crippen molar-refractivity contribution in [3.05, 3.63) is 75.1 Å². The molecule has 3 aromatic rings. The van der Waals surface area contributed by atoms with E-state index >= 15 is 0 Å². The smallest absolute Gasteiger partial charge is 0.258 e. The van der Waals surface area contributed by atoms with Gasteiger partial charge in [0.2, 0.25) is 11.5 Å². The van der Waals surface area contributed by atoms with Crippen molar-refractivity contribution < 1.29 is 14.3 Å². The van der Waals surface area contributed by atoms with Crippen LogP contribution in [0.15, 0.2) is 52.8 Å². The number of nitrogens with zero attached hydrogens (tertiary/aromatic N) is 1. The molecular weight excluding hydrogens is 392 g/mol. The first-order valence-electron chi connectivity index (χ1n) is 8.87. The summed E-state index contributed by atoms with van der Waals surface area (Å²) in [7, 11) is 1.60. The summed E-state index contributed by atoms with van der Waals surface area (Å²) < 4.78 is 5.16. The maximum absolute atomic E-state index is 12.1. The van der Waals surface area contributed by atoms with Crippen LogP contribution in [0.2, 0.25) is 0 Å². The first-order valence-corrected chi connectivity index (χ1v) is 9.75. The molecule has 0 aliphatic carbocycles. The highest BCUT2D eigenvalue weighted by Gasteiger charge is 2.10. The molecule has 0 saturated heterocycles. The van der Waals surface area contributed by atoms with Gasteiger partial charge in [-0.2, -0.15) is 0 Å². The summed E-state index contributed by atoms with van der Waals surface area (Å²) in [6.45, 7) is 0.424. The first kappa shape index (κ1) is 20.3. The van der Waals surface area contributed by atoms with Crippen LogP contribution in [0.25, 0.3) is 0 Å². The number of amides is 2. The normalized spacial score (nSPS) is 10.4. The van der Waals surface area contributed by atoms with Gasteiger partial charge >= 0.3 is 0 Å². The molecule has 0 aliphatic heterocycles. The Kier molecular flexibility index (Phi) is 6.75. The molecule has 2 amide bonds. The van der Waals surface area contributed by atoms with Crippen molar-refractivity contribution in [2.24, 2.45) is 0 Å². The Bertz CT molecular complexity index is 1040. The predicted molar refractivity (Wildman–Crippen MR) is 110 cm³/mol. The molecule has 2 heterocycles. The zero-order chi connectivity index (χ0) is 20.6. The summed E-state index contributed by atoms with van der Waals surface area (Å²) in [4.78, 5) is 42.0. The number of rotatable bonds is 8. The molecular formula is C20H20N4O4S. The number of H-pyrrole nitrogens is 1. The number of carbonyl (C=O) groups is 2. The topological polar surface area (TPSA) is 113 Å². The van der Waals surface area contributed by atoms with Crippen molar-refractivity contribution in [1.29, 1.82) is 0 Å². The van der Waals surface area contributed by atoms with Gasteiger partial charge in [-0.3, -0.25) is 19.7 Å². The molecule has 150 valence electrons. The molecule has 0 spiro atoms. The van der Waals surface area contributed by atoms with E-state index in [1.807, 2.05) is 24.3 Å². The number of nitrogens with one attached hydrogen (secondary N) is 3. The average Bonchev–Trinajstić information content (AvgIpc) is 3.18. The van der Waals surface area contributed by atoms with Crippen molar-refractivity contribution in [1.82, 2.24) is 15.3 Å². The molecule has 0 fully saturated rings. The second-order valence-electron chi connectivity index (χ2n) is 6.17. The van der Waals surface area contributed by atoms with Gasteiger partial charge in [0, 0.05) is 30.6 Å². The molecule has 8 nitrogen and oxygen atoms in total. The van der Waals surface area contributed by atoms with Crippen molar-refractivity contribution in [2.45, 2.75) is 19.4 Å². The van der Waals surface area contributed by atoms with E-state index in [1.165, 1.54) is 29.7 Å². The molecule has 0 unspecified atom stereocenters. The minimum Gasteiger partial charge on any atom is -0.497 e. The van der Waals surface area contributed by atoms with E-state index in [-0.39, 0.29) is 17.4 Å². The van der Waals surface area contributed by atoms with Crippen LogP contribution in [0.5, 0.6) is 5.75 Å². The lowest BCUT2D eigenvalue weighted by Crippen LogP contribution is -2.23. The zero-order valence-corrected chi connectivity index (χ0v) is 16.5. The van der Waals surface area contributed by atoms with Crippen molar-refractivity contribution >= 4 is 28.3 Å². The van der Waals surface area contributed by atoms with Gasteiger partial charge in [0.25, 0.3) is 5.91 Å². The Morgan fingerprint density at radius 3 is 2.86 bits per heavy atom. The first-order chi connectivity index (χ1) is 14.0. The number of aromatic nitrogens is 2. The van der Waals surface area contributed by atoms with E-state index in [9.17, 15) is 14.4 Å². The van der Waals surface area contributed by atoms with Crippen LogP contribution in [0, 0.1) is 0 Å². The molecule has 0 aliphatic rings. The quantitative estimate of drug-likeness (QED) is 0.526. The van der Waals surface area contributed by atoms with Crippen LogP contribution in [0.1, 0.15) is 28.0 Å². The fourth-order valence-corrected chi connectivity index (χ4v) is 3.25. The van der Waals surface area contributed by atoms with E-state index in [1.54, 1.807) is 12.5 Å². The van der Waals surface area contributed by atoms with Crippen LogP contribution in [-0.4, -0.2) is 28.9 Å². The number of hydrogen-bond acceptors (Lipinski definition) is 6. The maximum atomic E-state index is 12.1. The fraction of sp³-hybridized carbons (Fsp3) is 0.200. The third-order valence-electron chi connectivity index (χ3n) is 4.05. The average molecular weight is 412 g/mol.